The number of amides is 1. The monoisotopic (exact) mass is 350 g/mol. The lowest BCUT2D eigenvalue weighted by atomic mass is 10.1. The lowest BCUT2D eigenvalue weighted by Gasteiger charge is -2.09. The number of aryl methyl sites for hydroxylation is 1. The van der Waals surface area contributed by atoms with Crippen molar-refractivity contribution in [2.75, 3.05) is 12.4 Å². The smallest absolute Gasteiger partial charge is 0.340 e. The number of anilines is 1. The third kappa shape index (κ3) is 3.42. The van der Waals surface area contributed by atoms with Crippen molar-refractivity contribution in [1.82, 2.24) is 4.98 Å². The van der Waals surface area contributed by atoms with Crippen LogP contribution in [-0.2, 0) is 4.74 Å². The van der Waals surface area contributed by atoms with Crippen molar-refractivity contribution in [2.24, 2.45) is 0 Å². The van der Waals surface area contributed by atoms with Crippen molar-refractivity contribution >= 4 is 23.3 Å². The van der Waals surface area contributed by atoms with Gasteiger partial charge in [-0.25, -0.2) is 13.6 Å². The first-order valence-corrected chi connectivity index (χ1v) is 7.26. The van der Waals surface area contributed by atoms with E-state index in [0.717, 1.165) is 13.2 Å². The molecule has 2 aromatic rings. The Morgan fingerprint density at radius 3 is 2.28 bits per heavy atom. The van der Waals surface area contributed by atoms with Gasteiger partial charge in [0.25, 0.3) is 5.91 Å². The number of hydrogen-bond donors (Lipinski definition) is 2. The van der Waals surface area contributed by atoms with Gasteiger partial charge in [0.1, 0.15) is 17.3 Å². The zero-order valence-electron chi connectivity index (χ0n) is 14.0. The van der Waals surface area contributed by atoms with Crippen LogP contribution in [-0.4, -0.2) is 29.8 Å². The fourth-order valence-electron chi connectivity index (χ4n) is 2.60. The molecule has 0 aliphatic carbocycles. The number of esters is 1. The van der Waals surface area contributed by atoms with Crippen molar-refractivity contribution in [3.05, 3.63) is 51.8 Å². The van der Waals surface area contributed by atoms with E-state index in [-0.39, 0.29) is 17.2 Å². The first-order valence-electron chi connectivity index (χ1n) is 7.26. The summed E-state index contributed by atoms with van der Waals surface area (Å²) in [6, 6.07) is 1.33. The van der Waals surface area contributed by atoms with Crippen molar-refractivity contribution in [2.45, 2.75) is 20.8 Å². The minimum atomic E-state index is -1.10. The number of ketones is 1. The van der Waals surface area contributed by atoms with Gasteiger partial charge in [-0.15, -0.1) is 0 Å². The van der Waals surface area contributed by atoms with E-state index in [1.54, 1.807) is 13.8 Å². The molecule has 1 aromatic carbocycles. The maximum atomic E-state index is 13.9. The number of aromatic amines is 1. The van der Waals surface area contributed by atoms with Crippen LogP contribution in [0, 0.1) is 25.5 Å². The normalized spacial score (nSPS) is 10.5. The van der Waals surface area contributed by atoms with Crippen molar-refractivity contribution < 1.29 is 27.9 Å². The van der Waals surface area contributed by atoms with Crippen LogP contribution in [0.4, 0.5) is 14.5 Å². The van der Waals surface area contributed by atoms with Gasteiger partial charge >= 0.3 is 5.97 Å². The first-order chi connectivity index (χ1) is 11.7. The largest absolute Gasteiger partial charge is 0.465 e. The third-order valence-corrected chi connectivity index (χ3v) is 3.73. The van der Waals surface area contributed by atoms with E-state index in [9.17, 15) is 23.2 Å². The highest BCUT2D eigenvalue weighted by Gasteiger charge is 2.22. The minimum absolute atomic E-state index is 0.0750. The fraction of sp³-hybridized carbons (Fsp3) is 0.235. The van der Waals surface area contributed by atoms with Gasteiger partial charge in [-0.1, -0.05) is 0 Å². The number of benzene rings is 1. The lowest BCUT2D eigenvalue weighted by Crippen LogP contribution is -2.16. The predicted octanol–water partition coefficient (Wildman–Crippen LogP) is 3.15. The predicted molar refractivity (Wildman–Crippen MR) is 85.9 cm³/mol. The van der Waals surface area contributed by atoms with Gasteiger partial charge in [-0.2, -0.15) is 0 Å². The fourth-order valence-corrected chi connectivity index (χ4v) is 2.60. The Morgan fingerprint density at radius 1 is 1.12 bits per heavy atom. The minimum Gasteiger partial charge on any atom is -0.465 e. The number of carbonyl (C=O) groups is 3. The second-order valence-electron chi connectivity index (χ2n) is 5.44. The van der Waals surface area contributed by atoms with Gasteiger partial charge in [0.15, 0.2) is 5.78 Å². The van der Waals surface area contributed by atoms with E-state index >= 15 is 0 Å². The van der Waals surface area contributed by atoms with Gasteiger partial charge in [0.2, 0.25) is 0 Å². The summed E-state index contributed by atoms with van der Waals surface area (Å²) in [6.45, 7) is 4.58. The molecule has 0 unspecified atom stereocenters. The van der Waals surface area contributed by atoms with E-state index in [1.165, 1.54) is 6.92 Å². The van der Waals surface area contributed by atoms with Crippen LogP contribution >= 0.6 is 0 Å². The Bertz CT molecular complexity index is 887. The van der Waals surface area contributed by atoms with Crippen LogP contribution in [0.1, 0.15) is 49.4 Å². The third-order valence-electron chi connectivity index (χ3n) is 3.73. The standard InChI is InChI=1S/C17H16F2N2O4/c1-7-14(9(3)22)8(2)20-15(7)16(23)21-13-5-10(17(24)25-4)11(18)6-12(13)19/h5-6,20H,1-4H3,(H,21,23). The zero-order valence-corrected chi connectivity index (χ0v) is 14.0. The van der Waals surface area contributed by atoms with Crippen LogP contribution in [0.3, 0.4) is 0 Å². The van der Waals surface area contributed by atoms with Crippen LogP contribution in [0.2, 0.25) is 0 Å². The maximum Gasteiger partial charge on any atom is 0.340 e. The van der Waals surface area contributed by atoms with E-state index in [4.69, 9.17) is 0 Å². The van der Waals surface area contributed by atoms with Crippen molar-refractivity contribution in [3.63, 3.8) is 0 Å². The van der Waals surface area contributed by atoms with Crippen molar-refractivity contribution in [3.8, 4) is 0 Å². The first kappa shape index (κ1) is 18.3. The summed E-state index contributed by atoms with van der Waals surface area (Å²) in [6.07, 6.45) is 0. The maximum absolute atomic E-state index is 13.9. The molecule has 1 heterocycles. The molecule has 1 amide bonds. The molecule has 0 aliphatic rings. The second kappa shape index (κ2) is 6.84. The van der Waals surface area contributed by atoms with Crippen LogP contribution < -0.4 is 5.32 Å². The molecule has 0 radical (unpaired) electrons. The van der Waals surface area contributed by atoms with Gasteiger partial charge in [0, 0.05) is 17.3 Å². The molecule has 25 heavy (non-hydrogen) atoms. The average molecular weight is 350 g/mol. The van der Waals surface area contributed by atoms with Crippen LogP contribution in [0.15, 0.2) is 12.1 Å². The number of Topliss-reactive ketones (excluding diaryl/α,β-unsaturated/α-hetero) is 1. The number of hydrogen-bond acceptors (Lipinski definition) is 4. The average Bonchev–Trinajstić information content (AvgIpc) is 2.84. The molecule has 0 atom stereocenters. The molecule has 2 rings (SSSR count). The second-order valence-corrected chi connectivity index (χ2v) is 5.44. The highest BCUT2D eigenvalue weighted by atomic mass is 19.1. The lowest BCUT2D eigenvalue weighted by molar-refractivity contribution is 0.0595. The highest BCUT2D eigenvalue weighted by molar-refractivity contribution is 6.08. The molecule has 132 valence electrons. The highest BCUT2D eigenvalue weighted by Crippen LogP contribution is 2.23. The molecule has 2 N–H and O–H groups in total. The summed E-state index contributed by atoms with van der Waals surface area (Å²) in [5.41, 5.74) is 0.472. The molecule has 8 heteroatoms. The molecule has 0 bridgehead atoms. The summed E-state index contributed by atoms with van der Waals surface area (Å²) < 4.78 is 32.0. The van der Waals surface area contributed by atoms with Crippen LogP contribution in [0.5, 0.6) is 0 Å². The topological polar surface area (TPSA) is 88.3 Å². The summed E-state index contributed by atoms with van der Waals surface area (Å²) in [5, 5.41) is 2.26. The SMILES string of the molecule is COC(=O)c1cc(NC(=O)c2[nH]c(C)c(C(C)=O)c2C)c(F)cc1F. The van der Waals surface area contributed by atoms with Crippen molar-refractivity contribution in [1.29, 1.82) is 0 Å². The number of aromatic nitrogens is 1. The van der Waals surface area contributed by atoms with Gasteiger partial charge in [-0.3, -0.25) is 9.59 Å². The van der Waals surface area contributed by atoms with E-state index in [2.05, 4.69) is 15.0 Å². The quantitative estimate of drug-likeness (QED) is 0.655. The molecular weight excluding hydrogens is 334 g/mol. The molecule has 0 spiro atoms. The van der Waals surface area contributed by atoms with Crippen LogP contribution in [0.25, 0.3) is 0 Å². The summed E-state index contributed by atoms with van der Waals surface area (Å²) >= 11 is 0. The Hall–Kier alpha value is -3.03. The number of carbonyl (C=O) groups excluding carboxylic acids is 3. The summed E-state index contributed by atoms with van der Waals surface area (Å²) in [4.78, 5) is 38.3. The Balaban J connectivity index is 2.40. The Kier molecular flexibility index (Phi) is 5.01. The number of ether oxygens (including phenoxy) is 1. The van der Waals surface area contributed by atoms with E-state index < -0.39 is 29.1 Å². The molecule has 0 saturated carbocycles. The molecular formula is C17H16F2N2O4. The summed E-state index contributed by atoms with van der Waals surface area (Å²) in [7, 11) is 1.05. The Labute approximate surface area is 142 Å². The number of rotatable bonds is 4. The molecule has 0 saturated heterocycles. The zero-order chi connectivity index (χ0) is 18.9. The van der Waals surface area contributed by atoms with E-state index in [1.807, 2.05) is 0 Å². The van der Waals surface area contributed by atoms with Gasteiger partial charge in [0.05, 0.1) is 18.4 Å². The molecule has 0 fully saturated rings. The number of nitrogens with one attached hydrogen (secondary N) is 2. The van der Waals surface area contributed by atoms with Gasteiger partial charge < -0.3 is 15.0 Å². The molecule has 6 nitrogen and oxygen atoms in total. The van der Waals surface area contributed by atoms with E-state index in [0.29, 0.717) is 22.9 Å². The number of methoxy groups -OCH3 is 1. The summed E-state index contributed by atoms with van der Waals surface area (Å²) in [5.74, 6) is -4.10. The molecule has 0 aliphatic heterocycles. The van der Waals surface area contributed by atoms with Gasteiger partial charge in [-0.05, 0) is 32.4 Å². The number of halogens is 2. The Morgan fingerprint density at radius 2 is 1.76 bits per heavy atom. The molecule has 1 aromatic heterocycles. The number of H-pyrrole nitrogens is 1.